The van der Waals surface area contributed by atoms with Crippen LogP contribution < -0.4 is 0 Å². The molecule has 2 aromatic heterocycles. The van der Waals surface area contributed by atoms with E-state index in [2.05, 4.69) is 51.2 Å². The maximum Gasteiger partial charge on any atom is 0.237 e. The van der Waals surface area contributed by atoms with Crippen LogP contribution in [0.3, 0.4) is 0 Å². The predicted molar refractivity (Wildman–Crippen MR) is 125 cm³/mol. The fourth-order valence-electron chi connectivity index (χ4n) is 4.52. The van der Waals surface area contributed by atoms with Crippen LogP contribution in [0.4, 0.5) is 0 Å². The van der Waals surface area contributed by atoms with E-state index in [1.807, 2.05) is 36.4 Å². The van der Waals surface area contributed by atoms with E-state index in [4.69, 9.17) is 9.51 Å². The molecule has 0 N–H and O–H groups in total. The van der Waals surface area contributed by atoms with E-state index in [9.17, 15) is 0 Å². The second kappa shape index (κ2) is 9.69. The van der Waals surface area contributed by atoms with Gasteiger partial charge in [-0.3, -0.25) is 0 Å². The van der Waals surface area contributed by atoms with Gasteiger partial charge < -0.3 is 9.09 Å². The van der Waals surface area contributed by atoms with Crippen LogP contribution in [0.5, 0.6) is 0 Å². The van der Waals surface area contributed by atoms with Crippen molar-refractivity contribution in [2.75, 3.05) is 0 Å². The number of thioether (sulfide) groups is 1. The molecule has 0 bridgehead atoms. The van der Waals surface area contributed by atoms with Crippen molar-refractivity contribution in [3.8, 4) is 0 Å². The molecule has 1 aliphatic rings. The molecule has 1 aliphatic carbocycles. The molecule has 164 valence electrons. The van der Waals surface area contributed by atoms with Crippen molar-refractivity contribution in [3.63, 3.8) is 0 Å². The standard InChI is InChI=1S/C25H27N5OS/c1-30-24(20-15-9-4-10-16-20)27-28-25(30)32-17-21-26-23(29-31-21)22(18-11-5-2-6-12-18)19-13-7-3-8-14-19/h2-3,5-8,11-14,20,22H,4,9-10,15-17H2,1H3. The topological polar surface area (TPSA) is 69.6 Å². The minimum Gasteiger partial charge on any atom is -0.338 e. The molecule has 0 radical (unpaired) electrons. The van der Waals surface area contributed by atoms with Crippen molar-refractivity contribution >= 4 is 11.8 Å². The number of nitrogens with zero attached hydrogens (tertiary/aromatic N) is 5. The molecule has 0 amide bonds. The van der Waals surface area contributed by atoms with Crippen LogP contribution in [-0.2, 0) is 12.8 Å². The van der Waals surface area contributed by atoms with E-state index in [1.165, 1.54) is 32.1 Å². The van der Waals surface area contributed by atoms with Crippen LogP contribution in [0.2, 0.25) is 0 Å². The number of benzene rings is 2. The van der Waals surface area contributed by atoms with Crippen molar-refractivity contribution < 1.29 is 4.52 Å². The molecule has 2 heterocycles. The van der Waals surface area contributed by atoms with Gasteiger partial charge in [-0.25, -0.2) is 0 Å². The minimum atomic E-state index is -0.0624. The monoisotopic (exact) mass is 445 g/mol. The molecular weight excluding hydrogens is 418 g/mol. The Kier molecular flexibility index (Phi) is 6.34. The maximum absolute atomic E-state index is 5.63. The lowest BCUT2D eigenvalue weighted by Gasteiger charge is -2.20. The quantitative estimate of drug-likeness (QED) is 0.339. The van der Waals surface area contributed by atoms with Crippen LogP contribution in [-0.4, -0.2) is 24.9 Å². The Morgan fingerprint density at radius 3 is 2.25 bits per heavy atom. The zero-order valence-electron chi connectivity index (χ0n) is 18.2. The van der Waals surface area contributed by atoms with Crippen molar-refractivity contribution in [2.45, 2.75) is 54.8 Å². The highest BCUT2D eigenvalue weighted by Crippen LogP contribution is 2.34. The van der Waals surface area contributed by atoms with Crippen LogP contribution in [0, 0.1) is 0 Å². The Hall–Kier alpha value is -2.93. The van der Waals surface area contributed by atoms with Crippen LogP contribution in [0.1, 0.15) is 72.6 Å². The van der Waals surface area contributed by atoms with E-state index < -0.39 is 0 Å². The van der Waals surface area contributed by atoms with Crippen molar-refractivity contribution in [3.05, 3.63) is 89.3 Å². The number of rotatable bonds is 7. The van der Waals surface area contributed by atoms with E-state index in [0.29, 0.717) is 23.4 Å². The molecule has 0 spiro atoms. The lowest BCUT2D eigenvalue weighted by atomic mass is 9.89. The van der Waals surface area contributed by atoms with Crippen LogP contribution in [0.25, 0.3) is 0 Å². The first kappa shape index (κ1) is 20.9. The zero-order chi connectivity index (χ0) is 21.8. The third kappa shape index (κ3) is 4.48. The molecule has 2 aromatic carbocycles. The lowest BCUT2D eigenvalue weighted by molar-refractivity contribution is 0.384. The van der Waals surface area contributed by atoms with Crippen molar-refractivity contribution in [1.29, 1.82) is 0 Å². The maximum atomic E-state index is 5.63. The fourth-order valence-corrected chi connectivity index (χ4v) is 5.28. The van der Waals surface area contributed by atoms with Gasteiger partial charge in [0.25, 0.3) is 0 Å². The molecule has 5 rings (SSSR count). The Bertz CT molecular complexity index is 1100. The Morgan fingerprint density at radius 1 is 0.938 bits per heavy atom. The van der Waals surface area contributed by atoms with Crippen molar-refractivity contribution in [2.24, 2.45) is 7.05 Å². The second-order valence-electron chi connectivity index (χ2n) is 8.32. The van der Waals surface area contributed by atoms with E-state index >= 15 is 0 Å². The molecule has 7 heteroatoms. The summed E-state index contributed by atoms with van der Waals surface area (Å²) in [6, 6.07) is 20.6. The highest BCUT2D eigenvalue weighted by molar-refractivity contribution is 7.98. The molecule has 4 aromatic rings. The molecule has 0 unspecified atom stereocenters. The van der Waals surface area contributed by atoms with Gasteiger partial charge in [-0.2, -0.15) is 4.98 Å². The molecular formula is C25H27N5OS. The summed E-state index contributed by atoms with van der Waals surface area (Å²) in [5, 5.41) is 14.2. The summed E-state index contributed by atoms with van der Waals surface area (Å²) in [5.74, 6) is 3.42. The van der Waals surface area contributed by atoms with Gasteiger partial charge in [0.15, 0.2) is 11.0 Å². The smallest absolute Gasteiger partial charge is 0.237 e. The average molecular weight is 446 g/mol. The Morgan fingerprint density at radius 2 is 1.59 bits per heavy atom. The third-order valence-electron chi connectivity index (χ3n) is 6.17. The van der Waals surface area contributed by atoms with Gasteiger partial charge in [0.2, 0.25) is 5.89 Å². The average Bonchev–Trinajstić information content (AvgIpc) is 3.46. The predicted octanol–water partition coefficient (Wildman–Crippen LogP) is 5.72. The zero-order valence-corrected chi connectivity index (χ0v) is 19.0. The fraction of sp³-hybridized carbons (Fsp3) is 0.360. The molecule has 1 fully saturated rings. The van der Waals surface area contributed by atoms with Gasteiger partial charge in [-0.15, -0.1) is 10.2 Å². The first-order valence-electron chi connectivity index (χ1n) is 11.2. The summed E-state index contributed by atoms with van der Waals surface area (Å²) in [7, 11) is 2.06. The number of hydrogen-bond acceptors (Lipinski definition) is 6. The Labute approximate surface area is 192 Å². The lowest BCUT2D eigenvalue weighted by Crippen LogP contribution is -2.10. The molecule has 0 atom stereocenters. The van der Waals surface area contributed by atoms with E-state index in [0.717, 1.165) is 22.1 Å². The molecule has 6 nitrogen and oxygen atoms in total. The summed E-state index contributed by atoms with van der Waals surface area (Å²) in [6.45, 7) is 0. The summed E-state index contributed by atoms with van der Waals surface area (Å²) in [4.78, 5) is 4.75. The number of aromatic nitrogens is 5. The first-order chi connectivity index (χ1) is 15.8. The van der Waals surface area contributed by atoms with Gasteiger partial charge in [-0.1, -0.05) is 96.8 Å². The van der Waals surface area contributed by atoms with Gasteiger partial charge >= 0.3 is 0 Å². The largest absolute Gasteiger partial charge is 0.338 e. The molecule has 0 saturated heterocycles. The summed E-state index contributed by atoms with van der Waals surface area (Å²) in [5.41, 5.74) is 2.29. The first-order valence-corrected chi connectivity index (χ1v) is 12.2. The molecule has 1 saturated carbocycles. The van der Waals surface area contributed by atoms with Crippen LogP contribution in [0.15, 0.2) is 70.3 Å². The van der Waals surface area contributed by atoms with Gasteiger partial charge in [0.05, 0.1) is 11.7 Å². The van der Waals surface area contributed by atoms with Crippen LogP contribution >= 0.6 is 11.8 Å². The van der Waals surface area contributed by atoms with E-state index in [-0.39, 0.29) is 5.92 Å². The summed E-state index contributed by atoms with van der Waals surface area (Å²) in [6.07, 6.45) is 6.33. The minimum absolute atomic E-state index is 0.0624. The van der Waals surface area contributed by atoms with Gasteiger partial charge in [0.1, 0.15) is 5.82 Å². The van der Waals surface area contributed by atoms with Gasteiger partial charge in [0, 0.05) is 13.0 Å². The molecule has 32 heavy (non-hydrogen) atoms. The number of hydrogen-bond donors (Lipinski definition) is 0. The molecule has 0 aliphatic heterocycles. The highest BCUT2D eigenvalue weighted by Gasteiger charge is 2.24. The Balaban J connectivity index is 1.33. The third-order valence-corrected chi connectivity index (χ3v) is 7.18. The van der Waals surface area contributed by atoms with Crippen molar-refractivity contribution in [1.82, 2.24) is 24.9 Å². The second-order valence-corrected chi connectivity index (χ2v) is 9.27. The SMILES string of the molecule is Cn1c(SCc2nc(C(c3ccccc3)c3ccccc3)no2)nnc1C1CCCCC1. The summed E-state index contributed by atoms with van der Waals surface area (Å²) >= 11 is 1.59. The summed E-state index contributed by atoms with van der Waals surface area (Å²) < 4.78 is 7.77. The normalized spacial score (nSPS) is 14.8. The van der Waals surface area contributed by atoms with Gasteiger partial charge in [-0.05, 0) is 24.0 Å². The highest BCUT2D eigenvalue weighted by atomic mass is 32.2. The van der Waals surface area contributed by atoms with E-state index in [1.54, 1.807) is 11.8 Å².